The number of hydrazine groups is 1. The van der Waals surface area contributed by atoms with Gasteiger partial charge < -0.3 is 19.7 Å². The van der Waals surface area contributed by atoms with Crippen molar-refractivity contribution in [1.29, 1.82) is 0 Å². The number of aryl methyl sites for hydroxylation is 1. The average molecular weight is 464 g/mol. The number of halogens is 1. The SMILES string of the molecule is Cc1ccc(N2CCN(C(=O)CCN3C=CN4NC(c5ccc(F)cc5)CC4C3=O)CC2)cc1. The molecule has 2 aromatic rings. The first-order chi connectivity index (χ1) is 16.5. The maximum absolute atomic E-state index is 13.2. The van der Waals surface area contributed by atoms with Gasteiger partial charge in [-0.05, 0) is 43.2 Å². The molecule has 0 saturated carbocycles. The molecule has 34 heavy (non-hydrogen) atoms. The highest BCUT2D eigenvalue weighted by Gasteiger charge is 2.40. The van der Waals surface area contributed by atoms with Crippen LogP contribution in [-0.4, -0.2) is 65.4 Å². The molecule has 5 rings (SSSR count). The fourth-order valence-electron chi connectivity index (χ4n) is 4.88. The van der Waals surface area contributed by atoms with E-state index in [9.17, 15) is 14.0 Å². The number of fused-ring (bicyclic) bond motifs is 1. The number of carbonyl (C=O) groups is 2. The van der Waals surface area contributed by atoms with Crippen LogP contribution >= 0.6 is 0 Å². The van der Waals surface area contributed by atoms with Crippen molar-refractivity contribution in [3.63, 3.8) is 0 Å². The molecule has 3 aliphatic rings. The van der Waals surface area contributed by atoms with Crippen molar-refractivity contribution in [2.24, 2.45) is 0 Å². The van der Waals surface area contributed by atoms with Crippen molar-refractivity contribution >= 4 is 17.5 Å². The lowest BCUT2D eigenvalue weighted by molar-refractivity contribution is -0.136. The van der Waals surface area contributed by atoms with E-state index in [1.807, 2.05) is 16.1 Å². The second kappa shape index (κ2) is 9.46. The van der Waals surface area contributed by atoms with Crippen molar-refractivity contribution < 1.29 is 14.0 Å². The Morgan fingerprint density at radius 2 is 1.71 bits per heavy atom. The van der Waals surface area contributed by atoms with Crippen LogP contribution in [0.15, 0.2) is 60.9 Å². The molecular weight excluding hydrogens is 433 g/mol. The van der Waals surface area contributed by atoms with Crippen LogP contribution in [0.3, 0.4) is 0 Å². The molecule has 3 aliphatic heterocycles. The summed E-state index contributed by atoms with van der Waals surface area (Å²) < 4.78 is 13.2. The van der Waals surface area contributed by atoms with Gasteiger partial charge in [0.1, 0.15) is 11.9 Å². The molecular formula is C26H30FN5O2. The number of benzene rings is 2. The van der Waals surface area contributed by atoms with Crippen molar-refractivity contribution in [2.75, 3.05) is 37.6 Å². The van der Waals surface area contributed by atoms with Gasteiger partial charge >= 0.3 is 0 Å². The van der Waals surface area contributed by atoms with E-state index in [-0.39, 0.29) is 29.7 Å². The topological polar surface area (TPSA) is 59.1 Å². The molecule has 7 nitrogen and oxygen atoms in total. The summed E-state index contributed by atoms with van der Waals surface area (Å²) in [6.07, 6.45) is 4.49. The summed E-state index contributed by atoms with van der Waals surface area (Å²) in [5, 5.41) is 1.82. The molecule has 0 bridgehead atoms. The number of hydrogen-bond donors (Lipinski definition) is 1. The number of piperazine rings is 1. The van der Waals surface area contributed by atoms with Gasteiger partial charge in [0, 0.05) is 57.2 Å². The standard InChI is InChI=1S/C26H30FN5O2/c1-19-2-8-22(9-3-19)29-12-14-30(15-13-29)25(33)10-11-31-16-17-32-24(26(31)34)18-23(28-32)20-4-6-21(27)7-5-20/h2-9,16-17,23-24,28H,10-15,18H2,1H3. The summed E-state index contributed by atoms with van der Waals surface area (Å²) in [5.74, 6) is -0.208. The van der Waals surface area contributed by atoms with Gasteiger partial charge in [-0.1, -0.05) is 29.8 Å². The molecule has 0 radical (unpaired) electrons. The number of rotatable bonds is 5. The molecule has 2 fully saturated rings. The average Bonchev–Trinajstić information content (AvgIpc) is 3.30. The van der Waals surface area contributed by atoms with E-state index >= 15 is 0 Å². The Kier molecular flexibility index (Phi) is 6.24. The fourth-order valence-corrected chi connectivity index (χ4v) is 4.88. The molecule has 2 atom stereocenters. The Morgan fingerprint density at radius 1 is 1.00 bits per heavy atom. The number of carbonyl (C=O) groups excluding carboxylic acids is 2. The first-order valence-corrected chi connectivity index (χ1v) is 11.9. The summed E-state index contributed by atoms with van der Waals surface area (Å²) in [7, 11) is 0. The minimum absolute atomic E-state index is 0.0170. The van der Waals surface area contributed by atoms with Crippen LogP contribution in [-0.2, 0) is 9.59 Å². The van der Waals surface area contributed by atoms with Crippen LogP contribution in [0.25, 0.3) is 0 Å². The van der Waals surface area contributed by atoms with Crippen molar-refractivity contribution in [1.82, 2.24) is 20.2 Å². The number of amides is 2. The molecule has 1 N–H and O–H groups in total. The van der Waals surface area contributed by atoms with E-state index in [4.69, 9.17) is 0 Å². The van der Waals surface area contributed by atoms with E-state index in [0.717, 1.165) is 18.7 Å². The Morgan fingerprint density at radius 3 is 2.41 bits per heavy atom. The Bertz CT molecular complexity index is 1060. The van der Waals surface area contributed by atoms with Crippen molar-refractivity contribution in [3.05, 3.63) is 77.9 Å². The maximum Gasteiger partial charge on any atom is 0.250 e. The third kappa shape index (κ3) is 4.63. The van der Waals surface area contributed by atoms with Gasteiger partial charge in [0.2, 0.25) is 5.91 Å². The van der Waals surface area contributed by atoms with E-state index in [1.54, 1.807) is 23.2 Å². The normalized spacial score (nSPS) is 22.4. The second-order valence-corrected chi connectivity index (χ2v) is 9.18. The zero-order valence-corrected chi connectivity index (χ0v) is 19.4. The molecule has 2 amide bonds. The van der Waals surface area contributed by atoms with Crippen molar-refractivity contribution in [3.8, 4) is 0 Å². The summed E-state index contributed by atoms with van der Waals surface area (Å²) >= 11 is 0. The largest absolute Gasteiger partial charge is 0.368 e. The Labute approximate surface area is 199 Å². The van der Waals surface area contributed by atoms with Gasteiger partial charge in [0.25, 0.3) is 5.91 Å². The zero-order valence-electron chi connectivity index (χ0n) is 19.4. The molecule has 2 aromatic carbocycles. The molecule has 2 saturated heterocycles. The van der Waals surface area contributed by atoms with Gasteiger partial charge in [-0.15, -0.1) is 0 Å². The molecule has 8 heteroatoms. The molecule has 0 aliphatic carbocycles. The lowest BCUT2D eigenvalue weighted by atomic mass is 10.0. The third-order valence-electron chi connectivity index (χ3n) is 6.95. The Balaban J connectivity index is 1.11. The highest BCUT2D eigenvalue weighted by molar-refractivity contribution is 5.85. The van der Waals surface area contributed by atoms with E-state index < -0.39 is 0 Å². The fraction of sp³-hybridized carbons (Fsp3) is 0.385. The van der Waals surface area contributed by atoms with Crippen molar-refractivity contribution in [2.45, 2.75) is 31.8 Å². The first kappa shape index (κ1) is 22.4. The van der Waals surface area contributed by atoms with Crippen LogP contribution in [0.5, 0.6) is 0 Å². The van der Waals surface area contributed by atoms with Crippen LogP contribution in [0.1, 0.15) is 30.0 Å². The lowest BCUT2D eigenvalue weighted by Crippen LogP contribution is -2.50. The van der Waals surface area contributed by atoms with Gasteiger partial charge in [-0.25, -0.2) is 9.82 Å². The molecule has 178 valence electrons. The number of nitrogens with one attached hydrogen (secondary N) is 1. The zero-order chi connectivity index (χ0) is 23.7. The quantitative estimate of drug-likeness (QED) is 0.739. The van der Waals surface area contributed by atoms with E-state index in [2.05, 4.69) is 41.5 Å². The summed E-state index contributed by atoms with van der Waals surface area (Å²) in [4.78, 5) is 31.7. The minimum atomic E-state index is -0.326. The van der Waals surface area contributed by atoms with Crippen LogP contribution in [0, 0.1) is 12.7 Å². The Hall–Kier alpha value is -3.39. The van der Waals surface area contributed by atoms with Gasteiger partial charge in [0.05, 0.1) is 6.04 Å². The van der Waals surface area contributed by atoms with Crippen LogP contribution < -0.4 is 10.3 Å². The summed E-state index contributed by atoms with van der Waals surface area (Å²) in [6, 6.07) is 14.5. The highest BCUT2D eigenvalue weighted by Crippen LogP contribution is 2.31. The summed E-state index contributed by atoms with van der Waals surface area (Å²) in [5.41, 5.74) is 6.69. The number of hydrogen-bond acceptors (Lipinski definition) is 5. The predicted octanol–water partition coefficient (Wildman–Crippen LogP) is 2.81. The molecule has 0 aromatic heterocycles. The molecule has 3 heterocycles. The molecule has 2 unspecified atom stereocenters. The first-order valence-electron chi connectivity index (χ1n) is 11.9. The number of nitrogens with zero attached hydrogens (tertiary/aromatic N) is 4. The predicted molar refractivity (Wildman–Crippen MR) is 128 cm³/mol. The van der Waals surface area contributed by atoms with Gasteiger partial charge in [-0.2, -0.15) is 0 Å². The van der Waals surface area contributed by atoms with Gasteiger partial charge in [-0.3, -0.25) is 9.59 Å². The van der Waals surface area contributed by atoms with E-state index in [1.165, 1.54) is 23.4 Å². The second-order valence-electron chi connectivity index (χ2n) is 9.18. The van der Waals surface area contributed by atoms with Crippen LogP contribution in [0.2, 0.25) is 0 Å². The highest BCUT2D eigenvalue weighted by atomic mass is 19.1. The van der Waals surface area contributed by atoms with Crippen LogP contribution in [0.4, 0.5) is 10.1 Å². The molecule has 0 spiro atoms. The third-order valence-corrected chi connectivity index (χ3v) is 6.95. The monoisotopic (exact) mass is 463 g/mol. The van der Waals surface area contributed by atoms with Gasteiger partial charge in [0.15, 0.2) is 0 Å². The minimum Gasteiger partial charge on any atom is -0.368 e. The maximum atomic E-state index is 13.2. The summed E-state index contributed by atoms with van der Waals surface area (Å²) in [6.45, 7) is 5.45. The van der Waals surface area contributed by atoms with E-state index in [0.29, 0.717) is 32.5 Å². The lowest BCUT2D eigenvalue weighted by Gasteiger charge is -2.37. The number of anilines is 1. The smallest absolute Gasteiger partial charge is 0.250 e.